The first-order valence-corrected chi connectivity index (χ1v) is 12.5. The Morgan fingerprint density at radius 3 is 2.70 bits per heavy atom. The number of benzene rings is 2. The number of nitrogens with one attached hydrogen (secondary N) is 1. The molecule has 4 aliphatic heterocycles. The van der Waals surface area contributed by atoms with E-state index in [1.807, 2.05) is 18.2 Å². The van der Waals surface area contributed by atoms with Crippen LogP contribution in [0.15, 0.2) is 42.5 Å². The summed E-state index contributed by atoms with van der Waals surface area (Å²) in [6, 6.07) is 15.3. The van der Waals surface area contributed by atoms with Crippen molar-refractivity contribution in [2.75, 3.05) is 32.8 Å². The van der Waals surface area contributed by atoms with Gasteiger partial charge in [0.25, 0.3) is 0 Å². The first-order valence-electron chi connectivity index (χ1n) is 12.5. The Bertz CT molecular complexity index is 1030. The quantitative estimate of drug-likeness (QED) is 0.745. The average molecular weight is 448 g/mol. The number of amides is 2. The van der Waals surface area contributed by atoms with Crippen LogP contribution in [0.2, 0.25) is 0 Å². The lowest BCUT2D eigenvalue weighted by Crippen LogP contribution is -2.59. The van der Waals surface area contributed by atoms with Crippen LogP contribution in [0.3, 0.4) is 0 Å². The second kappa shape index (κ2) is 8.56. The Balaban J connectivity index is 1.23. The largest absolute Gasteiger partial charge is 0.486 e. The van der Waals surface area contributed by atoms with Crippen LogP contribution in [0.1, 0.15) is 55.0 Å². The fourth-order valence-corrected chi connectivity index (χ4v) is 6.33. The van der Waals surface area contributed by atoms with Crippen molar-refractivity contribution in [1.29, 1.82) is 0 Å². The Morgan fingerprint density at radius 2 is 1.88 bits per heavy atom. The van der Waals surface area contributed by atoms with Crippen molar-refractivity contribution < 1.29 is 14.3 Å². The van der Waals surface area contributed by atoms with Gasteiger partial charge in [0.1, 0.15) is 13.2 Å². The molecular formula is C27H33N3O3. The van der Waals surface area contributed by atoms with E-state index < -0.39 is 0 Å². The fraction of sp³-hybridized carbons (Fsp3) is 0.519. The predicted octanol–water partition coefficient (Wildman–Crippen LogP) is 4.31. The van der Waals surface area contributed by atoms with Crippen LogP contribution < -0.4 is 14.8 Å². The first-order chi connectivity index (χ1) is 16.2. The van der Waals surface area contributed by atoms with Crippen LogP contribution in [0.4, 0.5) is 4.79 Å². The molecule has 2 fully saturated rings. The lowest BCUT2D eigenvalue weighted by molar-refractivity contribution is 0.00510. The number of hydrogen-bond donors (Lipinski definition) is 1. The lowest BCUT2D eigenvalue weighted by atomic mass is 9.76. The molecule has 2 amide bonds. The van der Waals surface area contributed by atoms with E-state index in [0.29, 0.717) is 25.2 Å². The third-order valence-electron chi connectivity index (χ3n) is 8.02. The zero-order chi connectivity index (χ0) is 22.4. The number of piperidine rings is 2. The monoisotopic (exact) mass is 447 g/mol. The zero-order valence-electron chi connectivity index (χ0n) is 19.3. The Labute approximate surface area is 195 Å². The molecule has 0 spiro atoms. The van der Waals surface area contributed by atoms with Crippen molar-refractivity contribution in [3.63, 3.8) is 0 Å². The van der Waals surface area contributed by atoms with Crippen LogP contribution in [0.5, 0.6) is 11.5 Å². The van der Waals surface area contributed by atoms with Gasteiger partial charge < -0.3 is 19.7 Å². The van der Waals surface area contributed by atoms with Crippen LogP contribution in [-0.4, -0.2) is 54.7 Å². The van der Waals surface area contributed by atoms with Gasteiger partial charge in [0.15, 0.2) is 11.5 Å². The van der Waals surface area contributed by atoms with E-state index in [-0.39, 0.29) is 18.1 Å². The van der Waals surface area contributed by atoms with Gasteiger partial charge in [0, 0.05) is 31.7 Å². The standard InChI is InChI=1S/C27H33N3O3/c1-18(19-6-3-2-4-7-19)28-27(31)30-10-5-8-21-17-29-11-9-20-14-25-26(33-13-12-32-25)15-22(20)24(29)16-23(21)30/h2-4,6-7,14-15,18,21,23-24H,5,8-13,16-17H2,1H3,(H,28,31)/t18-,21+,23-,24-/m1/s1. The van der Waals surface area contributed by atoms with Gasteiger partial charge in [-0.15, -0.1) is 0 Å². The minimum atomic E-state index is -0.00163. The number of carbonyl (C=O) groups is 1. The summed E-state index contributed by atoms with van der Waals surface area (Å²) in [5, 5.41) is 3.27. The number of fused-ring (bicyclic) bond motifs is 5. The number of rotatable bonds is 2. The van der Waals surface area contributed by atoms with Crippen molar-refractivity contribution in [1.82, 2.24) is 15.1 Å². The number of ether oxygens (including phenoxy) is 2. The molecule has 6 rings (SSSR count). The summed E-state index contributed by atoms with van der Waals surface area (Å²) in [6.07, 6.45) is 4.34. The molecule has 4 aliphatic rings. The molecule has 0 aromatic heterocycles. The molecule has 0 unspecified atom stereocenters. The minimum Gasteiger partial charge on any atom is -0.486 e. The number of nitrogens with zero attached hydrogens (tertiary/aromatic N) is 2. The van der Waals surface area contributed by atoms with Crippen LogP contribution in [0.25, 0.3) is 0 Å². The highest BCUT2D eigenvalue weighted by molar-refractivity contribution is 5.75. The number of likely N-dealkylation sites (tertiary alicyclic amines) is 1. The molecule has 0 radical (unpaired) electrons. The van der Waals surface area contributed by atoms with Crippen molar-refractivity contribution in [3.05, 3.63) is 59.2 Å². The molecule has 4 atom stereocenters. The Kier molecular flexibility index (Phi) is 5.41. The molecule has 0 saturated carbocycles. The topological polar surface area (TPSA) is 54.0 Å². The van der Waals surface area contributed by atoms with Crippen LogP contribution in [-0.2, 0) is 6.42 Å². The van der Waals surface area contributed by atoms with Gasteiger partial charge in [0.05, 0.1) is 6.04 Å². The fourth-order valence-electron chi connectivity index (χ4n) is 6.33. The molecule has 2 saturated heterocycles. The highest BCUT2D eigenvalue weighted by Crippen LogP contribution is 2.46. The molecule has 6 nitrogen and oxygen atoms in total. The summed E-state index contributed by atoms with van der Waals surface area (Å²) in [6.45, 7) is 6.29. The van der Waals surface area contributed by atoms with E-state index >= 15 is 0 Å². The summed E-state index contributed by atoms with van der Waals surface area (Å²) >= 11 is 0. The normalized spacial score (nSPS) is 27.1. The second-order valence-corrected chi connectivity index (χ2v) is 9.94. The summed E-state index contributed by atoms with van der Waals surface area (Å²) in [4.78, 5) is 18.2. The molecule has 0 bridgehead atoms. The molecular weight excluding hydrogens is 414 g/mol. The molecule has 6 heteroatoms. The highest BCUT2D eigenvalue weighted by atomic mass is 16.6. The Hall–Kier alpha value is -2.73. The SMILES string of the molecule is C[C@@H](NC(=O)N1CCC[C@H]2CN3CCc4cc5c(cc4[C@H]3C[C@H]21)OCCO5)c1ccccc1. The van der Waals surface area contributed by atoms with E-state index in [9.17, 15) is 4.79 Å². The van der Waals surface area contributed by atoms with E-state index in [0.717, 1.165) is 56.0 Å². The van der Waals surface area contributed by atoms with Crippen molar-refractivity contribution >= 4 is 6.03 Å². The Morgan fingerprint density at radius 1 is 1.09 bits per heavy atom. The molecule has 33 heavy (non-hydrogen) atoms. The maximum atomic E-state index is 13.4. The summed E-state index contributed by atoms with van der Waals surface area (Å²) in [5.41, 5.74) is 3.89. The third kappa shape index (κ3) is 3.84. The molecule has 2 aromatic rings. The smallest absolute Gasteiger partial charge is 0.318 e. The molecule has 0 aliphatic carbocycles. The van der Waals surface area contributed by atoms with E-state index in [1.165, 1.54) is 17.5 Å². The predicted molar refractivity (Wildman–Crippen MR) is 127 cm³/mol. The van der Waals surface area contributed by atoms with Gasteiger partial charge in [-0.1, -0.05) is 30.3 Å². The van der Waals surface area contributed by atoms with Crippen molar-refractivity contribution in [3.8, 4) is 11.5 Å². The van der Waals surface area contributed by atoms with Gasteiger partial charge in [-0.3, -0.25) is 4.90 Å². The van der Waals surface area contributed by atoms with Crippen molar-refractivity contribution in [2.24, 2.45) is 5.92 Å². The van der Waals surface area contributed by atoms with Crippen molar-refractivity contribution in [2.45, 2.75) is 50.7 Å². The highest BCUT2D eigenvalue weighted by Gasteiger charge is 2.44. The van der Waals surface area contributed by atoms with E-state index in [1.54, 1.807) is 0 Å². The maximum Gasteiger partial charge on any atom is 0.318 e. The van der Waals surface area contributed by atoms with Gasteiger partial charge in [-0.2, -0.15) is 0 Å². The van der Waals surface area contributed by atoms with Gasteiger partial charge in [-0.05, 0) is 67.3 Å². The van der Waals surface area contributed by atoms with Gasteiger partial charge >= 0.3 is 6.03 Å². The maximum absolute atomic E-state index is 13.4. The second-order valence-electron chi connectivity index (χ2n) is 9.94. The van der Waals surface area contributed by atoms with Crippen LogP contribution in [0, 0.1) is 5.92 Å². The van der Waals surface area contributed by atoms with Gasteiger partial charge in [-0.25, -0.2) is 4.79 Å². The van der Waals surface area contributed by atoms with E-state index in [4.69, 9.17) is 9.47 Å². The molecule has 1 N–H and O–H groups in total. The molecule has 4 heterocycles. The average Bonchev–Trinajstić information content (AvgIpc) is 2.86. The summed E-state index contributed by atoms with van der Waals surface area (Å²) < 4.78 is 11.7. The molecule has 2 aromatic carbocycles. The zero-order valence-corrected chi connectivity index (χ0v) is 19.3. The molecule has 174 valence electrons. The van der Waals surface area contributed by atoms with Gasteiger partial charge in [0.2, 0.25) is 0 Å². The van der Waals surface area contributed by atoms with Crippen LogP contribution >= 0.6 is 0 Å². The number of urea groups is 1. The lowest BCUT2D eigenvalue weighted by Gasteiger charge is -2.52. The van der Waals surface area contributed by atoms with E-state index in [2.05, 4.69) is 46.3 Å². The third-order valence-corrected chi connectivity index (χ3v) is 8.02. The number of carbonyl (C=O) groups excluding carboxylic acids is 1. The number of hydrogen-bond acceptors (Lipinski definition) is 4. The summed E-state index contributed by atoms with van der Waals surface area (Å²) in [5.74, 6) is 2.31. The minimum absolute atomic E-state index is 0.00163. The summed E-state index contributed by atoms with van der Waals surface area (Å²) in [7, 11) is 0. The first kappa shape index (κ1) is 20.8.